The van der Waals surface area contributed by atoms with Crippen molar-refractivity contribution >= 4 is 5.91 Å². The SMILES string of the molecule is Cc1ccc(CNC(=O)[C@H](C)N)c(OCC(F)(F)F)c1. The minimum absolute atomic E-state index is 0.0633. The zero-order chi connectivity index (χ0) is 15.3. The molecule has 0 aliphatic heterocycles. The molecule has 1 aromatic rings. The third-order valence-corrected chi connectivity index (χ3v) is 2.48. The van der Waals surface area contributed by atoms with E-state index in [4.69, 9.17) is 10.5 Å². The van der Waals surface area contributed by atoms with Gasteiger partial charge in [0, 0.05) is 12.1 Å². The molecule has 0 aliphatic rings. The van der Waals surface area contributed by atoms with Crippen molar-refractivity contribution < 1.29 is 22.7 Å². The number of aryl methyl sites for hydroxylation is 1. The van der Waals surface area contributed by atoms with E-state index in [0.717, 1.165) is 5.56 Å². The smallest absolute Gasteiger partial charge is 0.422 e. The highest BCUT2D eigenvalue weighted by Gasteiger charge is 2.28. The number of carbonyl (C=O) groups excluding carboxylic acids is 1. The summed E-state index contributed by atoms with van der Waals surface area (Å²) in [4.78, 5) is 11.4. The van der Waals surface area contributed by atoms with Crippen molar-refractivity contribution in [3.63, 3.8) is 0 Å². The number of ether oxygens (including phenoxy) is 1. The summed E-state index contributed by atoms with van der Waals surface area (Å²) in [5.41, 5.74) is 6.62. The molecule has 0 aliphatic carbocycles. The molecule has 1 rings (SSSR count). The Morgan fingerprint density at radius 3 is 2.65 bits per heavy atom. The summed E-state index contributed by atoms with van der Waals surface area (Å²) in [7, 11) is 0. The van der Waals surface area contributed by atoms with Crippen LogP contribution in [0.25, 0.3) is 0 Å². The number of benzene rings is 1. The molecule has 4 nitrogen and oxygen atoms in total. The van der Waals surface area contributed by atoms with Crippen molar-refractivity contribution in [1.29, 1.82) is 0 Å². The second-order valence-electron chi connectivity index (χ2n) is 4.52. The van der Waals surface area contributed by atoms with Crippen LogP contribution in [0.2, 0.25) is 0 Å². The van der Waals surface area contributed by atoms with Crippen molar-refractivity contribution in [2.24, 2.45) is 5.73 Å². The molecule has 7 heteroatoms. The fourth-order valence-corrected chi connectivity index (χ4v) is 1.45. The Morgan fingerprint density at radius 1 is 1.45 bits per heavy atom. The number of hydrogen-bond donors (Lipinski definition) is 2. The number of nitrogens with two attached hydrogens (primary N) is 1. The molecule has 112 valence electrons. The van der Waals surface area contributed by atoms with Gasteiger partial charge in [-0.1, -0.05) is 12.1 Å². The van der Waals surface area contributed by atoms with Gasteiger partial charge in [0.05, 0.1) is 6.04 Å². The maximum atomic E-state index is 12.2. The van der Waals surface area contributed by atoms with Crippen molar-refractivity contribution in [3.05, 3.63) is 29.3 Å². The normalized spacial score (nSPS) is 12.9. The summed E-state index contributed by atoms with van der Waals surface area (Å²) in [5.74, 6) is -0.278. The highest BCUT2D eigenvalue weighted by atomic mass is 19.4. The number of alkyl halides is 3. The van der Waals surface area contributed by atoms with Gasteiger partial charge in [-0.3, -0.25) is 4.79 Å². The van der Waals surface area contributed by atoms with Crippen LogP contribution in [0.1, 0.15) is 18.1 Å². The first kappa shape index (κ1) is 16.3. The van der Waals surface area contributed by atoms with E-state index in [2.05, 4.69) is 5.32 Å². The molecule has 3 N–H and O–H groups in total. The van der Waals surface area contributed by atoms with Crippen LogP contribution in [0.3, 0.4) is 0 Å². The Kier molecular flexibility index (Phi) is 5.38. The fraction of sp³-hybridized carbons (Fsp3) is 0.462. The largest absolute Gasteiger partial charge is 0.484 e. The van der Waals surface area contributed by atoms with E-state index in [1.165, 1.54) is 13.0 Å². The summed E-state index contributed by atoms with van der Waals surface area (Å²) in [5, 5.41) is 2.53. The minimum atomic E-state index is -4.41. The summed E-state index contributed by atoms with van der Waals surface area (Å²) in [6, 6.07) is 4.16. The van der Waals surface area contributed by atoms with Crippen LogP contribution in [0.4, 0.5) is 13.2 Å². The highest BCUT2D eigenvalue weighted by Crippen LogP contribution is 2.23. The number of carbonyl (C=O) groups is 1. The van der Waals surface area contributed by atoms with Gasteiger partial charge in [-0.15, -0.1) is 0 Å². The molecular weight excluding hydrogens is 273 g/mol. The van der Waals surface area contributed by atoms with Gasteiger partial charge in [0.15, 0.2) is 6.61 Å². The standard InChI is InChI=1S/C13H17F3N2O2/c1-8-3-4-10(6-18-12(19)9(2)17)11(5-8)20-7-13(14,15)16/h3-5,9H,6-7,17H2,1-2H3,(H,18,19)/t9-/m0/s1. The van der Waals surface area contributed by atoms with E-state index in [0.29, 0.717) is 5.56 Å². The Morgan fingerprint density at radius 2 is 2.10 bits per heavy atom. The summed E-state index contributed by atoms with van der Waals surface area (Å²) >= 11 is 0. The van der Waals surface area contributed by atoms with Gasteiger partial charge >= 0.3 is 6.18 Å². The molecule has 0 spiro atoms. The second kappa shape index (κ2) is 6.60. The lowest BCUT2D eigenvalue weighted by molar-refractivity contribution is -0.153. The fourth-order valence-electron chi connectivity index (χ4n) is 1.45. The van der Waals surface area contributed by atoms with Crippen molar-refractivity contribution in [2.75, 3.05) is 6.61 Å². The van der Waals surface area contributed by atoms with Crippen LogP contribution in [-0.2, 0) is 11.3 Å². The lowest BCUT2D eigenvalue weighted by atomic mass is 10.1. The van der Waals surface area contributed by atoms with Crippen molar-refractivity contribution in [2.45, 2.75) is 32.6 Å². The van der Waals surface area contributed by atoms with E-state index in [1.54, 1.807) is 19.1 Å². The molecule has 0 aromatic heterocycles. The molecule has 0 bridgehead atoms. The summed E-state index contributed by atoms with van der Waals surface area (Å²) in [6.45, 7) is 1.95. The van der Waals surface area contributed by atoms with Crippen molar-refractivity contribution in [1.82, 2.24) is 5.32 Å². The van der Waals surface area contributed by atoms with E-state index in [9.17, 15) is 18.0 Å². The predicted molar refractivity (Wildman–Crippen MR) is 68.2 cm³/mol. The number of rotatable bonds is 5. The number of hydrogen-bond acceptors (Lipinski definition) is 3. The lowest BCUT2D eigenvalue weighted by Gasteiger charge is -2.15. The predicted octanol–water partition coefficient (Wildman–Crippen LogP) is 1.90. The minimum Gasteiger partial charge on any atom is -0.484 e. The Balaban J connectivity index is 2.77. The second-order valence-corrected chi connectivity index (χ2v) is 4.52. The quantitative estimate of drug-likeness (QED) is 0.870. The third-order valence-electron chi connectivity index (χ3n) is 2.48. The van der Waals surface area contributed by atoms with Gasteiger partial charge in [0.2, 0.25) is 5.91 Å². The van der Waals surface area contributed by atoms with Crippen LogP contribution in [0.15, 0.2) is 18.2 Å². The van der Waals surface area contributed by atoms with E-state index in [1.807, 2.05) is 0 Å². The molecule has 1 aromatic carbocycles. The first-order valence-electron chi connectivity index (χ1n) is 6.01. The molecule has 1 atom stereocenters. The average Bonchev–Trinajstić information content (AvgIpc) is 2.33. The molecule has 20 heavy (non-hydrogen) atoms. The van der Waals surface area contributed by atoms with Gasteiger partial charge in [-0.2, -0.15) is 13.2 Å². The van der Waals surface area contributed by atoms with Gasteiger partial charge in [-0.05, 0) is 25.5 Å². The molecule has 0 radical (unpaired) electrons. The Hall–Kier alpha value is -1.76. The van der Waals surface area contributed by atoms with Crippen LogP contribution in [0.5, 0.6) is 5.75 Å². The first-order chi connectivity index (χ1) is 9.19. The van der Waals surface area contributed by atoms with Gasteiger partial charge in [0.25, 0.3) is 0 Å². The van der Waals surface area contributed by atoms with E-state index >= 15 is 0 Å². The molecule has 0 saturated heterocycles. The average molecular weight is 290 g/mol. The lowest BCUT2D eigenvalue weighted by Crippen LogP contribution is -2.37. The number of halogens is 3. The molecule has 1 amide bonds. The van der Waals surface area contributed by atoms with Crippen LogP contribution in [-0.4, -0.2) is 24.7 Å². The van der Waals surface area contributed by atoms with Crippen LogP contribution < -0.4 is 15.8 Å². The van der Waals surface area contributed by atoms with Crippen LogP contribution >= 0.6 is 0 Å². The van der Waals surface area contributed by atoms with Gasteiger partial charge < -0.3 is 15.8 Å². The molecular formula is C13H17F3N2O2. The summed E-state index contributed by atoms with van der Waals surface area (Å²) in [6.07, 6.45) is -4.41. The Bertz CT molecular complexity index is 473. The maximum Gasteiger partial charge on any atom is 0.422 e. The first-order valence-corrected chi connectivity index (χ1v) is 6.01. The zero-order valence-corrected chi connectivity index (χ0v) is 11.3. The molecule has 0 heterocycles. The number of nitrogens with one attached hydrogen (secondary N) is 1. The topological polar surface area (TPSA) is 64.4 Å². The van der Waals surface area contributed by atoms with Gasteiger partial charge in [0.1, 0.15) is 5.75 Å². The Labute approximate surface area is 115 Å². The molecule has 0 unspecified atom stereocenters. The molecule has 0 saturated carbocycles. The van der Waals surface area contributed by atoms with Crippen LogP contribution in [0, 0.1) is 6.92 Å². The number of amides is 1. The van der Waals surface area contributed by atoms with Crippen molar-refractivity contribution in [3.8, 4) is 5.75 Å². The van der Waals surface area contributed by atoms with Gasteiger partial charge in [-0.25, -0.2) is 0 Å². The highest BCUT2D eigenvalue weighted by molar-refractivity contribution is 5.80. The van der Waals surface area contributed by atoms with E-state index < -0.39 is 18.8 Å². The maximum absolute atomic E-state index is 12.2. The van der Waals surface area contributed by atoms with E-state index in [-0.39, 0.29) is 18.2 Å². The molecule has 0 fully saturated rings. The summed E-state index contributed by atoms with van der Waals surface area (Å²) < 4.78 is 41.3. The monoisotopic (exact) mass is 290 g/mol. The third kappa shape index (κ3) is 5.48. The zero-order valence-electron chi connectivity index (χ0n) is 11.3.